The largest absolute Gasteiger partial charge is 0.349 e. The number of hydrogen-bond acceptors (Lipinski definition) is 2. The standard InChI is InChI=1S/C20H23FN2OS/c21-17-10-4-5-11-19(17)25-15-20(24)22-14-18(23-12-6-7-13-23)16-8-2-1-3-9-16/h1-5,8-11,18H,6-7,12-15H2,(H,22,24)/p+1/t18-/m0/s1. The predicted molar refractivity (Wildman–Crippen MR) is 99.2 cm³/mol. The highest BCUT2D eigenvalue weighted by atomic mass is 32.2. The van der Waals surface area contributed by atoms with Crippen LogP contribution in [0.3, 0.4) is 0 Å². The number of nitrogens with one attached hydrogen (secondary N) is 2. The van der Waals surface area contributed by atoms with Gasteiger partial charge in [-0.15, -0.1) is 11.8 Å². The minimum atomic E-state index is -0.274. The van der Waals surface area contributed by atoms with Crippen LogP contribution >= 0.6 is 11.8 Å². The molecule has 1 amide bonds. The summed E-state index contributed by atoms with van der Waals surface area (Å²) >= 11 is 1.24. The number of thioether (sulfide) groups is 1. The van der Waals surface area contributed by atoms with Gasteiger partial charge in [-0.05, 0) is 12.1 Å². The molecule has 132 valence electrons. The normalized spacial score (nSPS) is 15.9. The Kier molecular flexibility index (Phi) is 6.48. The monoisotopic (exact) mass is 359 g/mol. The van der Waals surface area contributed by atoms with Gasteiger partial charge in [-0.25, -0.2) is 4.39 Å². The highest BCUT2D eigenvalue weighted by molar-refractivity contribution is 8.00. The van der Waals surface area contributed by atoms with Crippen LogP contribution in [0.5, 0.6) is 0 Å². The van der Waals surface area contributed by atoms with Crippen LogP contribution in [0.4, 0.5) is 4.39 Å². The first-order valence-corrected chi connectivity index (χ1v) is 9.76. The van der Waals surface area contributed by atoms with Gasteiger partial charge < -0.3 is 10.2 Å². The van der Waals surface area contributed by atoms with E-state index in [1.54, 1.807) is 18.2 Å². The Morgan fingerprint density at radius 2 is 1.76 bits per heavy atom. The van der Waals surface area contributed by atoms with Crippen molar-refractivity contribution in [2.75, 3.05) is 25.4 Å². The molecule has 0 saturated carbocycles. The van der Waals surface area contributed by atoms with E-state index in [9.17, 15) is 9.18 Å². The van der Waals surface area contributed by atoms with Crippen molar-refractivity contribution >= 4 is 17.7 Å². The number of likely N-dealkylation sites (tertiary alicyclic amines) is 1. The second-order valence-corrected chi connectivity index (χ2v) is 7.37. The van der Waals surface area contributed by atoms with Gasteiger partial charge in [0.05, 0.1) is 25.4 Å². The number of quaternary nitrogens is 1. The van der Waals surface area contributed by atoms with E-state index in [2.05, 4.69) is 17.4 Å². The summed E-state index contributed by atoms with van der Waals surface area (Å²) in [5, 5.41) is 3.04. The van der Waals surface area contributed by atoms with Gasteiger partial charge in [0, 0.05) is 23.3 Å². The number of hydrogen-bond donors (Lipinski definition) is 2. The molecular formula is C20H24FN2OS+. The van der Waals surface area contributed by atoms with Gasteiger partial charge in [0.25, 0.3) is 0 Å². The van der Waals surface area contributed by atoms with E-state index in [-0.39, 0.29) is 23.5 Å². The fraction of sp³-hybridized carbons (Fsp3) is 0.350. The molecule has 1 saturated heterocycles. The summed E-state index contributed by atoms with van der Waals surface area (Å²) in [4.78, 5) is 14.3. The molecule has 0 unspecified atom stereocenters. The number of benzene rings is 2. The van der Waals surface area contributed by atoms with Crippen LogP contribution in [-0.2, 0) is 4.79 Å². The summed E-state index contributed by atoms with van der Waals surface area (Å²) < 4.78 is 13.6. The van der Waals surface area contributed by atoms with E-state index in [0.29, 0.717) is 11.4 Å². The topological polar surface area (TPSA) is 33.5 Å². The molecule has 5 heteroatoms. The van der Waals surface area contributed by atoms with Crippen LogP contribution in [-0.4, -0.2) is 31.3 Å². The molecule has 0 radical (unpaired) electrons. The Bertz CT molecular complexity index is 689. The van der Waals surface area contributed by atoms with E-state index in [0.717, 1.165) is 13.1 Å². The molecule has 1 atom stereocenters. The molecule has 1 aliphatic rings. The zero-order valence-electron chi connectivity index (χ0n) is 14.2. The first kappa shape index (κ1) is 18.0. The van der Waals surface area contributed by atoms with Gasteiger partial charge >= 0.3 is 0 Å². The smallest absolute Gasteiger partial charge is 0.230 e. The van der Waals surface area contributed by atoms with Crippen LogP contribution in [0.15, 0.2) is 59.5 Å². The molecule has 1 aliphatic heterocycles. The molecule has 2 aromatic rings. The molecule has 1 fully saturated rings. The van der Waals surface area contributed by atoms with Crippen LogP contribution in [0.1, 0.15) is 24.4 Å². The van der Waals surface area contributed by atoms with E-state index in [1.807, 2.05) is 18.2 Å². The average Bonchev–Trinajstić information content (AvgIpc) is 3.16. The second kappa shape index (κ2) is 9.02. The Balaban J connectivity index is 1.55. The van der Waals surface area contributed by atoms with Gasteiger partial charge in [-0.2, -0.15) is 0 Å². The lowest BCUT2D eigenvalue weighted by Crippen LogP contribution is -3.11. The maximum atomic E-state index is 13.6. The molecule has 2 aromatic carbocycles. The molecule has 0 aromatic heterocycles. The van der Waals surface area contributed by atoms with Crippen LogP contribution in [0.2, 0.25) is 0 Å². The van der Waals surface area contributed by atoms with Crippen molar-refractivity contribution in [1.29, 1.82) is 0 Å². The van der Waals surface area contributed by atoms with Gasteiger partial charge in [0.15, 0.2) is 0 Å². The Labute approximate surface area is 152 Å². The summed E-state index contributed by atoms with van der Waals surface area (Å²) in [7, 11) is 0. The molecule has 2 N–H and O–H groups in total. The van der Waals surface area contributed by atoms with Crippen molar-refractivity contribution in [3.8, 4) is 0 Å². The number of rotatable bonds is 7. The van der Waals surface area contributed by atoms with Crippen molar-refractivity contribution in [1.82, 2.24) is 5.32 Å². The fourth-order valence-electron chi connectivity index (χ4n) is 3.33. The van der Waals surface area contributed by atoms with Crippen molar-refractivity contribution < 1.29 is 14.1 Å². The Morgan fingerprint density at radius 1 is 1.08 bits per heavy atom. The third-order valence-electron chi connectivity index (χ3n) is 4.64. The van der Waals surface area contributed by atoms with Crippen LogP contribution in [0.25, 0.3) is 0 Å². The van der Waals surface area contributed by atoms with E-state index < -0.39 is 0 Å². The summed E-state index contributed by atoms with van der Waals surface area (Å²) in [6.07, 6.45) is 2.49. The van der Waals surface area contributed by atoms with E-state index in [1.165, 1.54) is 41.1 Å². The zero-order chi connectivity index (χ0) is 17.5. The Morgan fingerprint density at radius 3 is 2.48 bits per heavy atom. The average molecular weight is 359 g/mol. The highest BCUT2D eigenvalue weighted by Crippen LogP contribution is 2.20. The molecule has 3 nitrogen and oxygen atoms in total. The lowest BCUT2D eigenvalue weighted by molar-refractivity contribution is -0.918. The van der Waals surface area contributed by atoms with Gasteiger partial charge in [0.2, 0.25) is 5.91 Å². The summed E-state index contributed by atoms with van der Waals surface area (Å²) in [5.41, 5.74) is 1.27. The SMILES string of the molecule is O=C(CSc1ccccc1F)NC[C@@H](c1ccccc1)[NH+]1CCCC1. The second-order valence-electron chi connectivity index (χ2n) is 6.35. The van der Waals surface area contributed by atoms with Crippen molar-refractivity contribution in [3.63, 3.8) is 0 Å². The molecule has 0 spiro atoms. The lowest BCUT2D eigenvalue weighted by atomic mass is 10.1. The zero-order valence-corrected chi connectivity index (χ0v) is 15.0. The van der Waals surface area contributed by atoms with Crippen LogP contribution in [0, 0.1) is 5.82 Å². The number of carbonyl (C=O) groups excluding carboxylic acids is 1. The molecule has 25 heavy (non-hydrogen) atoms. The highest BCUT2D eigenvalue weighted by Gasteiger charge is 2.27. The maximum absolute atomic E-state index is 13.6. The molecular weight excluding hydrogens is 335 g/mol. The summed E-state index contributed by atoms with van der Waals surface area (Å²) in [6, 6.07) is 17.2. The van der Waals surface area contributed by atoms with Gasteiger partial charge in [0.1, 0.15) is 11.9 Å². The van der Waals surface area contributed by atoms with Crippen molar-refractivity contribution in [3.05, 3.63) is 66.0 Å². The predicted octanol–water partition coefficient (Wildman–Crippen LogP) is 2.45. The van der Waals surface area contributed by atoms with Crippen molar-refractivity contribution in [2.45, 2.75) is 23.8 Å². The first-order chi connectivity index (χ1) is 12.2. The molecule has 0 bridgehead atoms. The number of carbonyl (C=O) groups is 1. The number of halogens is 1. The van der Waals surface area contributed by atoms with E-state index >= 15 is 0 Å². The van der Waals surface area contributed by atoms with Crippen molar-refractivity contribution in [2.24, 2.45) is 0 Å². The van der Waals surface area contributed by atoms with Crippen LogP contribution < -0.4 is 10.2 Å². The maximum Gasteiger partial charge on any atom is 0.230 e. The fourth-order valence-corrected chi connectivity index (χ4v) is 4.10. The number of amides is 1. The molecule has 0 aliphatic carbocycles. The third kappa shape index (κ3) is 5.06. The minimum absolute atomic E-state index is 0.0484. The van der Waals surface area contributed by atoms with Gasteiger partial charge in [-0.3, -0.25) is 4.79 Å². The van der Waals surface area contributed by atoms with Gasteiger partial charge in [-0.1, -0.05) is 42.5 Å². The minimum Gasteiger partial charge on any atom is -0.349 e. The lowest BCUT2D eigenvalue weighted by Gasteiger charge is -2.25. The van der Waals surface area contributed by atoms with E-state index in [4.69, 9.17) is 0 Å². The summed E-state index contributed by atoms with van der Waals surface area (Å²) in [6.45, 7) is 2.93. The first-order valence-electron chi connectivity index (χ1n) is 8.77. The Hall–Kier alpha value is -1.85. The molecule has 1 heterocycles. The third-order valence-corrected chi connectivity index (χ3v) is 5.69. The quantitative estimate of drug-likeness (QED) is 0.745. The summed E-state index contributed by atoms with van der Waals surface area (Å²) in [5.74, 6) is -0.0885. The molecule has 3 rings (SSSR count).